The van der Waals surface area contributed by atoms with Crippen molar-refractivity contribution >= 4 is 17.4 Å². The standard InChI is InChI=1S/C19H23N3O3/c1-24-16-9-13(10-17(11-16)25-2)19(23)22-18-8-7-15(12-20-18)21-14-5-3-4-6-14/h7-12,14,21H,3-6H2,1-2H3,(H,20,22,23). The summed E-state index contributed by atoms with van der Waals surface area (Å²) in [5.74, 6) is 1.37. The Bertz CT molecular complexity index is 703. The van der Waals surface area contributed by atoms with Gasteiger partial charge in [0.1, 0.15) is 17.3 Å². The first-order chi connectivity index (χ1) is 12.2. The van der Waals surface area contributed by atoms with Gasteiger partial charge in [-0.1, -0.05) is 12.8 Å². The van der Waals surface area contributed by atoms with Crippen molar-refractivity contribution in [1.29, 1.82) is 0 Å². The van der Waals surface area contributed by atoms with Crippen LogP contribution in [0, 0.1) is 0 Å². The second-order valence-electron chi connectivity index (χ2n) is 6.11. The van der Waals surface area contributed by atoms with Gasteiger partial charge >= 0.3 is 0 Å². The van der Waals surface area contributed by atoms with Crippen LogP contribution in [0.15, 0.2) is 36.5 Å². The predicted molar refractivity (Wildman–Crippen MR) is 97.6 cm³/mol. The van der Waals surface area contributed by atoms with Gasteiger partial charge in [0.05, 0.1) is 26.1 Å². The second kappa shape index (κ2) is 7.88. The number of nitrogens with one attached hydrogen (secondary N) is 2. The number of methoxy groups -OCH3 is 2. The molecule has 0 radical (unpaired) electrons. The molecule has 2 N–H and O–H groups in total. The molecule has 1 aliphatic rings. The first-order valence-electron chi connectivity index (χ1n) is 8.45. The lowest BCUT2D eigenvalue weighted by Crippen LogP contribution is -2.15. The summed E-state index contributed by atoms with van der Waals surface area (Å²) in [5, 5.41) is 6.27. The Labute approximate surface area is 147 Å². The van der Waals surface area contributed by atoms with Gasteiger partial charge in [-0.25, -0.2) is 4.98 Å². The third-order valence-corrected chi connectivity index (χ3v) is 4.34. The molecule has 0 atom stereocenters. The number of pyridine rings is 1. The highest BCUT2D eigenvalue weighted by molar-refractivity contribution is 6.04. The number of nitrogens with zero attached hydrogens (tertiary/aromatic N) is 1. The largest absolute Gasteiger partial charge is 0.497 e. The molecule has 1 aliphatic carbocycles. The van der Waals surface area contributed by atoms with E-state index in [4.69, 9.17) is 9.47 Å². The van der Waals surface area contributed by atoms with Crippen molar-refractivity contribution in [3.63, 3.8) is 0 Å². The predicted octanol–water partition coefficient (Wildman–Crippen LogP) is 3.71. The summed E-state index contributed by atoms with van der Waals surface area (Å²) in [6.07, 6.45) is 6.72. The number of amides is 1. The smallest absolute Gasteiger partial charge is 0.257 e. The summed E-state index contributed by atoms with van der Waals surface area (Å²) >= 11 is 0. The zero-order valence-corrected chi connectivity index (χ0v) is 14.5. The van der Waals surface area contributed by atoms with Gasteiger partial charge in [0, 0.05) is 17.7 Å². The fourth-order valence-electron chi connectivity index (χ4n) is 2.99. The van der Waals surface area contributed by atoms with Crippen LogP contribution >= 0.6 is 0 Å². The Morgan fingerprint density at radius 1 is 1.08 bits per heavy atom. The van der Waals surface area contributed by atoms with Crippen molar-refractivity contribution in [2.45, 2.75) is 31.7 Å². The maximum atomic E-state index is 12.4. The van der Waals surface area contributed by atoms with E-state index in [0.717, 1.165) is 5.69 Å². The highest BCUT2D eigenvalue weighted by Crippen LogP contribution is 2.24. The van der Waals surface area contributed by atoms with Crippen LogP contribution in [0.4, 0.5) is 11.5 Å². The minimum atomic E-state index is -0.263. The summed E-state index contributed by atoms with van der Waals surface area (Å²) in [6, 6.07) is 9.31. The van der Waals surface area contributed by atoms with Gasteiger partial charge in [0.2, 0.25) is 0 Å². The summed E-state index contributed by atoms with van der Waals surface area (Å²) in [7, 11) is 3.10. The molecule has 1 heterocycles. The summed E-state index contributed by atoms with van der Waals surface area (Å²) < 4.78 is 10.4. The summed E-state index contributed by atoms with van der Waals surface area (Å²) in [4.78, 5) is 16.8. The SMILES string of the molecule is COc1cc(OC)cc(C(=O)Nc2ccc(NC3CCCC3)cn2)c1. The van der Waals surface area contributed by atoms with E-state index < -0.39 is 0 Å². The van der Waals surface area contributed by atoms with E-state index in [-0.39, 0.29) is 5.91 Å². The Morgan fingerprint density at radius 2 is 1.76 bits per heavy atom. The van der Waals surface area contributed by atoms with Crippen LogP contribution in [-0.4, -0.2) is 31.2 Å². The molecule has 25 heavy (non-hydrogen) atoms. The molecule has 1 saturated carbocycles. The Morgan fingerprint density at radius 3 is 2.32 bits per heavy atom. The average Bonchev–Trinajstić information content (AvgIpc) is 3.15. The normalized spacial score (nSPS) is 14.2. The van der Waals surface area contributed by atoms with E-state index in [1.165, 1.54) is 25.7 Å². The Hall–Kier alpha value is -2.76. The molecule has 3 rings (SSSR count). The van der Waals surface area contributed by atoms with E-state index in [9.17, 15) is 4.79 Å². The molecule has 132 valence electrons. The highest BCUT2D eigenvalue weighted by Gasteiger charge is 2.15. The van der Waals surface area contributed by atoms with Crippen LogP contribution in [-0.2, 0) is 0 Å². The highest BCUT2D eigenvalue weighted by atomic mass is 16.5. The molecule has 1 aromatic carbocycles. The monoisotopic (exact) mass is 341 g/mol. The van der Waals surface area contributed by atoms with Gasteiger partial charge in [-0.2, -0.15) is 0 Å². The van der Waals surface area contributed by atoms with Crippen LogP contribution < -0.4 is 20.1 Å². The van der Waals surface area contributed by atoms with Gasteiger partial charge in [-0.15, -0.1) is 0 Å². The zero-order chi connectivity index (χ0) is 17.6. The molecular formula is C19H23N3O3. The van der Waals surface area contributed by atoms with E-state index in [2.05, 4.69) is 15.6 Å². The lowest BCUT2D eigenvalue weighted by molar-refractivity contribution is 0.102. The second-order valence-corrected chi connectivity index (χ2v) is 6.11. The number of carbonyl (C=O) groups excluding carboxylic acids is 1. The van der Waals surface area contributed by atoms with Crippen LogP contribution in [0.2, 0.25) is 0 Å². The van der Waals surface area contributed by atoms with Crippen LogP contribution in [0.1, 0.15) is 36.0 Å². The maximum Gasteiger partial charge on any atom is 0.257 e. The van der Waals surface area contributed by atoms with Gasteiger partial charge in [-0.05, 0) is 37.1 Å². The summed E-state index contributed by atoms with van der Waals surface area (Å²) in [6.45, 7) is 0. The van der Waals surface area contributed by atoms with Gasteiger partial charge < -0.3 is 20.1 Å². The van der Waals surface area contributed by atoms with Gasteiger partial charge in [0.25, 0.3) is 5.91 Å². The molecule has 0 spiro atoms. The zero-order valence-electron chi connectivity index (χ0n) is 14.5. The van der Waals surface area contributed by atoms with Crippen molar-refractivity contribution in [3.05, 3.63) is 42.1 Å². The topological polar surface area (TPSA) is 72.5 Å². The fraction of sp³-hybridized carbons (Fsp3) is 0.368. The molecule has 0 unspecified atom stereocenters. The number of hydrogen-bond acceptors (Lipinski definition) is 5. The van der Waals surface area contributed by atoms with E-state index in [0.29, 0.717) is 28.9 Å². The average molecular weight is 341 g/mol. The maximum absolute atomic E-state index is 12.4. The van der Waals surface area contributed by atoms with Gasteiger partial charge in [0.15, 0.2) is 0 Å². The third-order valence-electron chi connectivity index (χ3n) is 4.34. The molecule has 0 saturated heterocycles. The molecule has 1 aromatic heterocycles. The van der Waals surface area contributed by atoms with Crippen molar-refractivity contribution in [2.75, 3.05) is 24.9 Å². The van der Waals surface area contributed by atoms with Crippen LogP contribution in [0.25, 0.3) is 0 Å². The molecule has 6 nitrogen and oxygen atoms in total. The van der Waals surface area contributed by atoms with Crippen molar-refractivity contribution in [2.24, 2.45) is 0 Å². The molecule has 1 amide bonds. The first-order valence-corrected chi connectivity index (χ1v) is 8.45. The molecule has 6 heteroatoms. The third kappa shape index (κ3) is 4.41. The minimum absolute atomic E-state index is 0.263. The van der Waals surface area contributed by atoms with Crippen molar-refractivity contribution < 1.29 is 14.3 Å². The fourth-order valence-corrected chi connectivity index (χ4v) is 2.99. The van der Waals surface area contributed by atoms with E-state index in [1.807, 2.05) is 6.07 Å². The molecule has 0 bridgehead atoms. The lowest BCUT2D eigenvalue weighted by Gasteiger charge is -2.13. The Kier molecular flexibility index (Phi) is 5.38. The summed E-state index contributed by atoms with van der Waals surface area (Å²) in [5.41, 5.74) is 1.43. The number of anilines is 2. The molecule has 1 fully saturated rings. The number of benzene rings is 1. The molecule has 0 aliphatic heterocycles. The van der Waals surface area contributed by atoms with E-state index in [1.54, 1.807) is 44.7 Å². The van der Waals surface area contributed by atoms with Crippen LogP contribution in [0.5, 0.6) is 11.5 Å². The Balaban J connectivity index is 1.66. The van der Waals surface area contributed by atoms with Crippen molar-refractivity contribution in [1.82, 2.24) is 4.98 Å². The number of carbonyl (C=O) groups is 1. The lowest BCUT2D eigenvalue weighted by atomic mass is 10.2. The van der Waals surface area contributed by atoms with Crippen LogP contribution in [0.3, 0.4) is 0 Å². The number of hydrogen-bond donors (Lipinski definition) is 2. The number of ether oxygens (including phenoxy) is 2. The van der Waals surface area contributed by atoms with Gasteiger partial charge in [-0.3, -0.25) is 4.79 Å². The van der Waals surface area contributed by atoms with E-state index >= 15 is 0 Å². The first kappa shape index (κ1) is 17.1. The quantitative estimate of drug-likeness (QED) is 0.838. The van der Waals surface area contributed by atoms with Crippen molar-refractivity contribution in [3.8, 4) is 11.5 Å². The minimum Gasteiger partial charge on any atom is -0.497 e. The molecular weight excluding hydrogens is 318 g/mol. The number of aromatic nitrogens is 1. The number of rotatable bonds is 6. The molecule has 2 aromatic rings.